The van der Waals surface area contributed by atoms with Gasteiger partial charge in [-0.3, -0.25) is 11.3 Å². The molecule has 0 aromatic carbocycles. The Hall–Kier alpha value is -0.950. The molecule has 104 valence electrons. The summed E-state index contributed by atoms with van der Waals surface area (Å²) < 4.78 is 12.5. The summed E-state index contributed by atoms with van der Waals surface area (Å²) in [5.41, 5.74) is 2.77. The van der Waals surface area contributed by atoms with Gasteiger partial charge in [0.2, 0.25) is 0 Å². The molecular weight excluding hydrogens is 232 g/mol. The Balaban J connectivity index is 2.39. The van der Waals surface area contributed by atoms with Crippen molar-refractivity contribution in [1.82, 2.24) is 15.0 Å². The molecular formula is C12H24N4O2. The molecule has 1 atom stereocenters. The van der Waals surface area contributed by atoms with E-state index in [0.717, 1.165) is 25.2 Å². The number of nitrogens with one attached hydrogen (secondary N) is 1. The molecule has 1 aromatic heterocycles. The van der Waals surface area contributed by atoms with Gasteiger partial charge in [-0.25, -0.2) is 4.98 Å². The van der Waals surface area contributed by atoms with E-state index >= 15 is 0 Å². The van der Waals surface area contributed by atoms with Crippen molar-refractivity contribution in [3.8, 4) is 0 Å². The highest BCUT2D eigenvalue weighted by atomic mass is 16.5. The highest BCUT2D eigenvalue weighted by molar-refractivity contribution is 4.95. The number of imidazole rings is 1. The molecule has 1 rings (SSSR count). The average Bonchev–Trinajstić information content (AvgIpc) is 2.81. The van der Waals surface area contributed by atoms with Gasteiger partial charge in [-0.15, -0.1) is 0 Å². The summed E-state index contributed by atoms with van der Waals surface area (Å²) in [6.07, 6.45) is 5.67. The van der Waals surface area contributed by atoms with Crippen LogP contribution in [-0.4, -0.2) is 42.5 Å². The molecule has 1 heterocycles. The minimum absolute atomic E-state index is 0.0693. The predicted octanol–water partition coefficient (Wildman–Crippen LogP) is 0.331. The quantitative estimate of drug-likeness (QED) is 0.358. The third-order valence-corrected chi connectivity index (χ3v) is 2.68. The van der Waals surface area contributed by atoms with Crippen LogP contribution in [0.4, 0.5) is 0 Å². The summed E-state index contributed by atoms with van der Waals surface area (Å²) in [5, 5.41) is 0. The summed E-state index contributed by atoms with van der Waals surface area (Å²) in [4.78, 5) is 4.35. The second-order valence-corrected chi connectivity index (χ2v) is 4.17. The van der Waals surface area contributed by atoms with Gasteiger partial charge in [0, 0.05) is 32.5 Å². The van der Waals surface area contributed by atoms with Gasteiger partial charge in [0.1, 0.15) is 5.82 Å². The van der Waals surface area contributed by atoms with E-state index in [1.807, 2.05) is 12.4 Å². The average molecular weight is 256 g/mol. The van der Waals surface area contributed by atoms with Crippen molar-refractivity contribution in [1.29, 1.82) is 0 Å². The normalized spacial score (nSPS) is 12.8. The SMILES string of the molecule is CCCn1ccnc1CC(COCCOC)NN. The van der Waals surface area contributed by atoms with Crippen LogP contribution >= 0.6 is 0 Å². The first kappa shape index (κ1) is 15.1. The van der Waals surface area contributed by atoms with Crippen molar-refractivity contribution in [3.05, 3.63) is 18.2 Å². The number of hydrazine groups is 1. The summed E-state index contributed by atoms with van der Waals surface area (Å²) in [7, 11) is 1.66. The number of nitrogens with two attached hydrogens (primary N) is 1. The van der Waals surface area contributed by atoms with Crippen molar-refractivity contribution >= 4 is 0 Å². The molecule has 1 unspecified atom stereocenters. The molecule has 0 amide bonds. The molecule has 0 radical (unpaired) electrons. The van der Waals surface area contributed by atoms with E-state index in [9.17, 15) is 0 Å². The van der Waals surface area contributed by atoms with Gasteiger partial charge in [-0.05, 0) is 6.42 Å². The molecule has 0 saturated carbocycles. The molecule has 6 nitrogen and oxygen atoms in total. The molecule has 0 aliphatic carbocycles. The molecule has 0 aliphatic rings. The van der Waals surface area contributed by atoms with Crippen LogP contribution in [0.1, 0.15) is 19.2 Å². The molecule has 0 aliphatic heterocycles. The van der Waals surface area contributed by atoms with Crippen molar-refractivity contribution < 1.29 is 9.47 Å². The van der Waals surface area contributed by atoms with Gasteiger partial charge < -0.3 is 14.0 Å². The number of ether oxygens (including phenoxy) is 2. The number of nitrogens with zero attached hydrogens (tertiary/aromatic N) is 2. The van der Waals surface area contributed by atoms with E-state index < -0.39 is 0 Å². The zero-order chi connectivity index (χ0) is 13.2. The summed E-state index contributed by atoms with van der Waals surface area (Å²) in [6.45, 7) is 4.87. The number of hydrogen-bond acceptors (Lipinski definition) is 5. The monoisotopic (exact) mass is 256 g/mol. The first-order valence-corrected chi connectivity index (χ1v) is 6.34. The van der Waals surface area contributed by atoms with Gasteiger partial charge in [-0.2, -0.15) is 0 Å². The van der Waals surface area contributed by atoms with Crippen LogP contribution in [0, 0.1) is 0 Å². The highest BCUT2D eigenvalue weighted by Gasteiger charge is 2.11. The van der Waals surface area contributed by atoms with Gasteiger partial charge in [-0.1, -0.05) is 6.92 Å². The third kappa shape index (κ3) is 5.14. The van der Waals surface area contributed by atoms with Crippen LogP contribution in [0.3, 0.4) is 0 Å². The standard InChI is InChI=1S/C12H24N4O2/c1-3-5-16-6-4-14-12(16)9-11(15-13)10-18-8-7-17-2/h4,6,11,15H,3,5,7-10,13H2,1-2H3. The predicted molar refractivity (Wildman–Crippen MR) is 70.0 cm³/mol. The fraction of sp³-hybridized carbons (Fsp3) is 0.750. The first-order valence-electron chi connectivity index (χ1n) is 6.34. The van der Waals surface area contributed by atoms with Gasteiger partial charge in [0.15, 0.2) is 0 Å². The van der Waals surface area contributed by atoms with Gasteiger partial charge >= 0.3 is 0 Å². The van der Waals surface area contributed by atoms with Crippen LogP contribution in [0.25, 0.3) is 0 Å². The second-order valence-electron chi connectivity index (χ2n) is 4.17. The number of methoxy groups -OCH3 is 1. The first-order chi connectivity index (χ1) is 8.81. The van der Waals surface area contributed by atoms with Crippen LogP contribution in [0.2, 0.25) is 0 Å². The molecule has 0 spiro atoms. The summed E-state index contributed by atoms with van der Waals surface area (Å²) in [5.74, 6) is 6.57. The van der Waals surface area contributed by atoms with Gasteiger partial charge in [0.25, 0.3) is 0 Å². The molecule has 0 fully saturated rings. The maximum Gasteiger partial charge on any atom is 0.110 e. The lowest BCUT2D eigenvalue weighted by molar-refractivity contribution is 0.0583. The lowest BCUT2D eigenvalue weighted by Gasteiger charge is -2.16. The van der Waals surface area contributed by atoms with Crippen molar-refractivity contribution in [2.45, 2.75) is 32.4 Å². The largest absolute Gasteiger partial charge is 0.382 e. The third-order valence-electron chi connectivity index (χ3n) is 2.68. The van der Waals surface area contributed by atoms with Crippen LogP contribution in [0.15, 0.2) is 12.4 Å². The Kier molecular flexibility index (Phi) is 7.59. The smallest absolute Gasteiger partial charge is 0.110 e. The summed E-state index contributed by atoms with van der Waals surface area (Å²) >= 11 is 0. The van der Waals surface area contributed by atoms with Crippen molar-refractivity contribution in [2.24, 2.45) is 5.84 Å². The van der Waals surface area contributed by atoms with Crippen LogP contribution < -0.4 is 11.3 Å². The summed E-state index contributed by atoms with van der Waals surface area (Å²) in [6, 6.07) is 0.0693. The van der Waals surface area contributed by atoms with E-state index in [4.69, 9.17) is 15.3 Å². The van der Waals surface area contributed by atoms with Crippen molar-refractivity contribution in [3.63, 3.8) is 0 Å². The Bertz CT molecular complexity index is 317. The molecule has 1 aromatic rings. The topological polar surface area (TPSA) is 74.3 Å². The Morgan fingerprint density at radius 1 is 1.50 bits per heavy atom. The Labute approximate surface area is 108 Å². The van der Waals surface area contributed by atoms with E-state index in [0.29, 0.717) is 19.8 Å². The maximum atomic E-state index is 5.53. The zero-order valence-corrected chi connectivity index (χ0v) is 11.3. The van der Waals surface area contributed by atoms with Crippen LogP contribution in [0.5, 0.6) is 0 Å². The minimum Gasteiger partial charge on any atom is -0.382 e. The lowest BCUT2D eigenvalue weighted by atomic mass is 10.2. The maximum absolute atomic E-state index is 5.53. The number of aromatic nitrogens is 2. The van der Waals surface area contributed by atoms with E-state index in [1.54, 1.807) is 7.11 Å². The second kappa shape index (κ2) is 9.04. The fourth-order valence-corrected chi connectivity index (χ4v) is 1.73. The van der Waals surface area contributed by atoms with E-state index in [2.05, 4.69) is 21.9 Å². The van der Waals surface area contributed by atoms with E-state index in [-0.39, 0.29) is 6.04 Å². The highest BCUT2D eigenvalue weighted by Crippen LogP contribution is 2.03. The molecule has 0 bridgehead atoms. The minimum atomic E-state index is 0.0693. The molecule has 3 N–H and O–H groups in total. The fourth-order valence-electron chi connectivity index (χ4n) is 1.73. The van der Waals surface area contributed by atoms with Gasteiger partial charge in [0.05, 0.1) is 25.9 Å². The lowest BCUT2D eigenvalue weighted by Crippen LogP contribution is -2.41. The zero-order valence-electron chi connectivity index (χ0n) is 11.3. The van der Waals surface area contributed by atoms with Crippen LogP contribution in [-0.2, 0) is 22.4 Å². The Morgan fingerprint density at radius 2 is 2.33 bits per heavy atom. The van der Waals surface area contributed by atoms with Crippen molar-refractivity contribution in [2.75, 3.05) is 26.9 Å². The number of rotatable bonds is 10. The molecule has 0 saturated heterocycles. The Morgan fingerprint density at radius 3 is 3.00 bits per heavy atom. The van der Waals surface area contributed by atoms with E-state index in [1.165, 1.54) is 0 Å². The molecule has 18 heavy (non-hydrogen) atoms. The number of aryl methyl sites for hydroxylation is 1. The molecule has 6 heteroatoms. The number of hydrogen-bond donors (Lipinski definition) is 2.